The number of rotatable bonds is 11. The first kappa shape index (κ1) is 23.2. The first-order chi connectivity index (χ1) is 14.8. The highest BCUT2D eigenvalue weighted by atomic mass is 16.5. The summed E-state index contributed by atoms with van der Waals surface area (Å²) < 4.78 is 6.16. The van der Waals surface area contributed by atoms with Crippen LogP contribution in [0.5, 0.6) is 0 Å². The van der Waals surface area contributed by atoms with Gasteiger partial charge >= 0.3 is 0 Å². The first-order valence-electron chi connectivity index (χ1n) is 12.6. The molecule has 0 bridgehead atoms. The lowest BCUT2D eigenvalue weighted by molar-refractivity contribution is 0.0225. The predicted octanol–water partition coefficient (Wildman–Crippen LogP) is 7.07. The van der Waals surface area contributed by atoms with E-state index >= 15 is 0 Å². The zero-order valence-corrected chi connectivity index (χ0v) is 19.0. The van der Waals surface area contributed by atoms with E-state index < -0.39 is 0 Å². The molecule has 0 saturated heterocycles. The van der Waals surface area contributed by atoms with Crippen LogP contribution >= 0.6 is 0 Å². The van der Waals surface area contributed by atoms with E-state index in [1.165, 1.54) is 76.2 Å². The van der Waals surface area contributed by atoms with Gasteiger partial charge in [0.15, 0.2) is 0 Å². The van der Waals surface area contributed by atoms with Crippen LogP contribution in [0.15, 0.2) is 12.4 Å². The van der Waals surface area contributed by atoms with Gasteiger partial charge in [0.05, 0.1) is 12.2 Å². The zero-order valence-electron chi connectivity index (χ0n) is 19.0. The Balaban J connectivity index is 1.31. The van der Waals surface area contributed by atoms with E-state index in [2.05, 4.69) is 25.4 Å². The smallest absolute Gasteiger partial charge is 0.131 e. The number of nitriles is 1. The molecule has 0 aliphatic heterocycles. The van der Waals surface area contributed by atoms with Gasteiger partial charge in [0.1, 0.15) is 5.82 Å². The molecule has 4 heteroatoms. The minimum Gasteiger partial charge on any atom is -0.378 e. The summed E-state index contributed by atoms with van der Waals surface area (Å²) in [6.45, 7) is 3.21. The maximum atomic E-state index is 9.06. The number of nitrogens with zero attached hydrogens (tertiary/aromatic N) is 3. The van der Waals surface area contributed by atoms with E-state index in [1.807, 2.05) is 0 Å². The van der Waals surface area contributed by atoms with Gasteiger partial charge in [-0.05, 0) is 69.3 Å². The second kappa shape index (κ2) is 13.1. The third-order valence-corrected chi connectivity index (χ3v) is 7.21. The maximum absolute atomic E-state index is 9.06. The van der Waals surface area contributed by atoms with Gasteiger partial charge in [-0.15, -0.1) is 0 Å². The van der Waals surface area contributed by atoms with Crippen molar-refractivity contribution in [1.82, 2.24) is 9.97 Å². The summed E-state index contributed by atoms with van der Waals surface area (Å²) in [6, 6.07) is 2.41. The SMILES string of the molecule is CCCCCCCCCO[C@H]1CC[C@H](c2cnc([C@H]3CC[C@H](C#N)CC3)nc2)CC1. The molecule has 2 aliphatic rings. The molecule has 0 atom stereocenters. The van der Waals surface area contributed by atoms with Crippen molar-refractivity contribution in [2.75, 3.05) is 6.61 Å². The fourth-order valence-electron chi connectivity index (χ4n) is 5.12. The highest BCUT2D eigenvalue weighted by Crippen LogP contribution is 2.36. The van der Waals surface area contributed by atoms with Gasteiger partial charge in [-0.2, -0.15) is 5.26 Å². The van der Waals surface area contributed by atoms with Crippen molar-refractivity contribution >= 4 is 0 Å². The Hall–Kier alpha value is -1.47. The van der Waals surface area contributed by atoms with Crippen LogP contribution in [0.1, 0.15) is 126 Å². The minimum atomic E-state index is 0.240. The molecule has 2 aliphatic carbocycles. The number of hydrogen-bond acceptors (Lipinski definition) is 4. The quantitative estimate of drug-likeness (QED) is 0.365. The van der Waals surface area contributed by atoms with Crippen molar-refractivity contribution < 1.29 is 4.74 Å². The average Bonchev–Trinajstić information content (AvgIpc) is 2.81. The molecular formula is C26H41N3O. The second-order valence-electron chi connectivity index (χ2n) is 9.52. The van der Waals surface area contributed by atoms with E-state index in [-0.39, 0.29) is 5.92 Å². The molecule has 2 saturated carbocycles. The van der Waals surface area contributed by atoms with E-state index in [4.69, 9.17) is 20.0 Å². The van der Waals surface area contributed by atoms with Crippen molar-refractivity contribution in [2.24, 2.45) is 5.92 Å². The summed E-state index contributed by atoms with van der Waals surface area (Å²) in [5.74, 6) is 2.26. The molecule has 1 heterocycles. The van der Waals surface area contributed by atoms with E-state index in [0.29, 0.717) is 17.9 Å². The fraction of sp³-hybridized carbons (Fsp3) is 0.808. The van der Waals surface area contributed by atoms with Gasteiger partial charge in [0, 0.05) is 30.8 Å². The lowest BCUT2D eigenvalue weighted by Gasteiger charge is -2.29. The molecule has 0 radical (unpaired) electrons. The third kappa shape index (κ3) is 7.34. The first-order valence-corrected chi connectivity index (χ1v) is 12.6. The van der Waals surface area contributed by atoms with Gasteiger partial charge in [-0.25, -0.2) is 9.97 Å². The predicted molar refractivity (Wildman–Crippen MR) is 121 cm³/mol. The van der Waals surface area contributed by atoms with E-state index in [0.717, 1.165) is 38.1 Å². The number of ether oxygens (including phenoxy) is 1. The number of hydrogen-bond donors (Lipinski definition) is 0. The van der Waals surface area contributed by atoms with E-state index in [9.17, 15) is 0 Å². The highest BCUT2D eigenvalue weighted by molar-refractivity contribution is 5.14. The fourth-order valence-corrected chi connectivity index (χ4v) is 5.12. The van der Waals surface area contributed by atoms with Crippen molar-refractivity contribution in [3.63, 3.8) is 0 Å². The van der Waals surface area contributed by atoms with Gasteiger partial charge in [0.2, 0.25) is 0 Å². The summed E-state index contributed by atoms with van der Waals surface area (Å²) in [5, 5.41) is 9.06. The topological polar surface area (TPSA) is 58.8 Å². The summed E-state index contributed by atoms with van der Waals surface area (Å²) in [7, 11) is 0. The normalized spacial score (nSPS) is 26.9. The Morgan fingerprint density at radius 1 is 0.833 bits per heavy atom. The molecule has 0 spiro atoms. The molecule has 2 fully saturated rings. The molecule has 4 nitrogen and oxygen atoms in total. The second-order valence-corrected chi connectivity index (χ2v) is 9.52. The molecule has 166 valence electrons. The van der Waals surface area contributed by atoms with Crippen molar-refractivity contribution in [3.05, 3.63) is 23.8 Å². The van der Waals surface area contributed by atoms with Crippen LogP contribution in [0.2, 0.25) is 0 Å². The lowest BCUT2D eigenvalue weighted by atomic mass is 9.82. The molecule has 0 unspecified atom stereocenters. The molecule has 0 aromatic carbocycles. The molecule has 3 rings (SSSR count). The van der Waals surface area contributed by atoms with Crippen LogP contribution in [-0.2, 0) is 4.74 Å². The Labute approximate surface area is 183 Å². The maximum Gasteiger partial charge on any atom is 0.131 e. The standard InChI is InChI=1S/C26H41N3O/c1-2-3-4-5-6-7-8-17-30-25-15-13-22(14-16-25)24-19-28-26(29-20-24)23-11-9-21(18-27)10-12-23/h19-23,25H,2-17H2,1H3/t21-,22-,23-,25-. The Bertz CT molecular complexity index is 623. The lowest BCUT2D eigenvalue weighted by Crippen LogP contribution is -2.21. The number of aromatic nitrogens is 2. The van der Waals surface area contributed by atoms with Crippen LogP contribution in [0.25, 0.3) is 0 Å². The Morgan fingerprint density at radius 3 is 2.07 bits per heavy atom. The molecule has 0 amide bonds. The summed E-state index contributed by atoms with van der Waals surface area (Å²) in [6.07, 6.45) is 22.8. The van der Waals surface area contributed by atoms with Gasteiger partial charge < -0.3 is 4.74 Å². The zero-order chi connectivity index (χ0) is 21.0. The summed E-state index contributed by atoms with van der Waals surface area (Å²) >= 11 is 0. The number of unbranched alkanes of at least 4 members (excludes halogenated alkanes) is 6. The van der Waals surface area contributed by atoms with Crippen molar-refractivity contribution in [3.8, 4) is 6.07 Å². The molecule has 1 aromatic heterocycles. The Kier molecular flexibility index (Phi) is 10.1. The monoisotopic (exact) mass is 411 g/mol. The van der Waals surface area contributed by atoms with Crippen molar-refractivity contribution in [2.45, 2.75) is 121 Å². The summed E-state index contributed by atoms with van der Waals surface area (Å²) in [5.41, 5.74) is 1.30. The molecule has 0 N–H and O–H groups in total. The Morgan fingerprint density at radius 2 is 1.43 bits per heavy atom. The van der Waals surface area contributed by atoms with Crippen LogP contribution < -0.4 is 0 Å². The average molecular weight is 412 g/mol. The van der Waals surface area contributed by atoms with E-state index in [1.54, 1.807) is 0 Å². The van der Waals surface area contributed by atoms with Gasteiger partial charge in [-0.1, -0.05) is 45.4 Å². The highest BCUT2D eigenvalue weighted by Gasteiger charge is 2.26. The minimum absolute atomic E-state index is 0.240. The molecular weight excluding hydrogens is 370 g/mol. The third-order valence-electron chi connectivity index (χ3n) is 7.21. The van der Waals surface area contributed by atoms with Crippen molar-refractivity contribution in [1.29, 1.82) is 5.26 Å². The van der Waals surface area contributed by atoms with Gasteiger partial charge in [-0.3, -0.25) is 0 Å². The van der Waals surface area contributed by atoms with Crippen LogP contribution in [0, 0.1) is 17.2 Å². The largest absolute Gasteiger partial charge is 0.378 e. The molecule has 1 aromatic rings. The van der Waals surface area contributed by atoms with Crippen LogP contribution in [0.3, 0.4) is 0 Å². The van der Waals surface area contributed by atoms with Crippen LogP contribution in [-0.4, -0.2) is 22.7 Å². The molecule has 30 heavy (non-hydrogen) atoms. The van der Waals surface area contributed by atoms with Gasteiger partial charge in [0.25, 0.3) is 0 Å². The summed E-state index contributed by atoms with van der Waals surface area (Å²) in [4.78, 5) is 9.44. The van der Waals surface area contributed by atoms with Crippen LogP contribution in [0.4, 0.5) is 0 Å².